The van der Waals surface area contributed by atoms with Gasteiger partial charge in [0.05, 0.1) is 27.8 Å². The van der Waals surface area contributed by atoms with Crippen molar-refractivity contribution in [2.45, 2.75) is 33.1 Å². The molecule has 1 rings (SSSR count). The maximum absolute atomic E-state index is 12.4. The van der Waals surface area contributed by atoms with Gasteiger partial charge in [0.1, 0.15) is 0 Å². The summed E-state index contributed by atoms with van der Waals surface area (Å²) in [5.41, 5.74) is 0.856. The van der Waals surface area contributed by atoms with Gasteiger partial charge in [0.2, 0.25) is 11.7 Å². The van der Waals surface area contributed by atoms with Gasteiger partial charge in [0, 0.05) is 13.1 Å². The van der Waals surface area contributed by atoms with Crippen molar-refractivity contribution in [2.24, 2.45) is 0 Å². The lowest BCUT2D eigenvalue weighted by Crippen LogP contribution is -2.33. The number of benzene rings is 1. The van der Waals surface area contributed by atoms with Gasteiger partial charge in [0.15, 0.2) is 11.5 Å². The van der Waals surface area contributed by atoms with Crippen molar-refractivity contribution in [3.8, 4) is 17.2 Å². The molecule has 0 spiro atoms. The van der Waals surface area contributed by atoms with Crippen molar-refractivity contribution in [2.75, 3.05) is 34.4 Å². The minimum absolute atomic E-state index is 0.116. The van der Waals surface area contributed by atoms with Crippen molar-refractivity contribution >= 4 is 5.91 Å². The first-order valence-corrected chi connectivity index (χ1v) is 7.67. The molecule has 0 radical (unpaired) electrons. The predicted octanol–water partition coefficient (Wildman–Crippen LogP) is 2.90. The fraction of sp³-hybridized carbons (Fsp3) is 0.588. The summed E-state index contributed by atoms with van der Waals surface area (Å²) in [5.74, 6) is 1.80. The summed E-state index contributed by atoms with van der Waals surface area (Å²) >= 11 is 0. The average molecular weight is 309 g/mol. The molecule has 0 saturated carbocycles. The Balaban J connectivity index is 2.94. The third-order valence-corrected chi connectivity index (χ3v) is 3.60. The SMILES string of the molecule is CCCCN(CC)C(=O)Cc1cc(OC)c(OC)c(OC)c1. The lowest BCUT2D eigenvalue weighted by molar-refractivity contribution is -0.130. The van der Waals surface area contributed by atoms with E-state index in [0.29, 0.717) is 23.7 Å². The highest BCUT2D eigenvalue weighted by molar-refractivity contribution is 5.79. The molecule has 22 heavy (non-hydrogen) atoms. The van der Waals surface area contributed by atoms with E-state index in [1.807, 2.05) is 24.0 Å². The maximum atomic E-state index is 12.4. The molecule has 0 unspecified atom stereocenters. The summed E-state index contributed by atoms with van der Waals surface area (Å²) in [5, 5.41) is 0. The summed E-state index contributed by atoms with van der Waals surface area (Å²) in [6.45, 7) is 5.65. The van der Waals surface area contributed by atoms with Gasteiger partial charge in [0.25, 0.3) is 0 Å². The van der Waals surface area contributed by atoms with Crippen molar-refractivity contribution in [3.63, 3.8) is 0 Å². The van der Waals surface area contributed by atoms with Crippen LogP contribution in [0.4, 0.5) is 0 Å². The third kappa shape index (κ3) is 4.55. The molecule has 1 aromatic rings. The average Bonchev–Trinajstić information content (AvgIpc) is 2.54. The van der Waals surface area contributed by atoms with E-state index in [1.165, 1.54) is 0 Å². The molecule has 0 aliphatic carbocycles. The summed E-state index contributed by atoms with van der Waals surface area (Å²) in [4.78, 5) is 14.3. The number of hydrogen-bond acceptors (Lipinski definition) is 4. The van der Waals surface area contributed by atoms with E-state index in [4.69, 9.17) is 14.2 Å². The van der Waals surface area contributed by atoms with E-state index >= 15 is 0 Å². The van der Waals surface area contributed by atoms with Crippen LogP contribution in [0.2, 0.25) is 0 Å². The number of hydrogen-bond donors (Lipinski definition) is 0. The van der Waals surface area contributed by atoms with Crippen LogP contribution in [-0.2, 0) is 11.2 Å². The first-order valence-electron chi connectivity index (χ1n) is 7.67. The van der Waals surface area contributed by atoms with E-state index in [2.05, 4.69) is 6.92 Å². The molecule has 1 aromatic carbocycles. The highest BCUT2D eigenvalue weighted by Gasteiger charge is 2.17. The molecule has 0 saturated heterocycles. The number of unbranched alkanes of at least 4 members (excludes halogenated alkanes) is 1. The Hall–Kier alpha value is -1.91. The molecular formula is C17H27NO4. The van der Waals surface area contributed by atoms with Gasteiger partial charge < -0.3 is 19.1 Å². The fourth-order valence-electron chi connectivity index (χ4n) is 2.33. The van der Waals surface area contributed by atoms with Crippen LogP contribution in [0.3, 0.4) is 0 Å². The molecule has 0 aliphatic heterocycles. The van der Waals surface area contributed by atoms with Gasteiger partial charge in [-0.1, -0.05) is 13.3 Å². The topological polar surface area (TPSA) is 48.0 Å². The van der Waals surface area contributed by atoms with Crippen LogP contribution < -0.4 is 14.2 Å². The number of methoxy groups -OCH3 is 3. The Morgan fingerprint density at radius 1 is 1.05 bits per heavy atom. The zero-order valence-corrected chi connectivity index (χ0v) is 14.3. The van der Waals surface area contributed by atoms with Gasteiger partial charge in [-0.05, 0) is 31.0 Å². The first-order chi connectivity index (χ1) is 10.6. The molecule has 0 N–H and O–H groups in total. The Morgan fingerprint density at radius 2 is 1.64 bits per heavy atom. The van der Waals surface area contributed by atoms with Gasteiger partial charge in [-0.25, -0.2) is 0 Å². The molecule has 124 valence electrons. The van der Waals surface area contributed by atoms with E-state index in [1.54, 1.807) is 21.3 Å². The number of nitrogens with zero attached hydrogens (tertiary/aromatic N) is 1. The van der Waals surface area contributed by atoms with Crippen LogP contribution in [0.5, 0.6) is 17.2 Å². The third-order valence-electron chi connectivity index (χ3n) is 3.60. The van der Waals surface area contributed by atoms with E-state index in [-0.39, 0.29) is 5.91 Å². The van der Waals surface area contributed by atoms with Gasteiger partial charge >= 0.3 is 0 Å². The molecule has 0 heterocycles. The number of likely N-dealkylation sites (N-methyl/N-ethyl adjacent to an activating group) is 1. The quantitative estimate of drug-likeness (QED) is 0.704. The molecule has 0 bridgehead atoms. The monoisotopic (exact) mass is 309 g/mol. The lowest BCUT2D eigenvalue weighted by atomic mass is 10.1. The Labute approximate surface area is 133 Å². The van der Waals surface area contributed by atoms with Crippen LogP contribution in [-0.4, -0.2) is 45.2 Å². The van der Waals surface area contributed by atoms with E-state index in [0.717, 1.165) is 31.5 Å². The van der Waals surface area contributed by atoms with Crippen LogP contribution in [0.25, 0.3) is 0 Å². The standard InChI is InChI=1S/C17H27NO4/c1-6-8-9-18(7-2)16(19)12-13-10-14(20-3)17(22-5)15(11-13)21-4/h10-11H,6-9,12H2,1-5H3. The Kier molecular flexibility index (Phi) is 7.57. The molecule has 0 fully saturated rings. The highest BCUT2D eigenvalue weighted by Crippen LogP contribution is 2.38. The minimum Gasteiger partial charge on any atom is -0.493 e. The second kappa shape index (κ2) is 9.18. The summed E-state index contributed by atoms with van der Waals surface area (Å²) in [7, 11) is 4.71. The molecule has 0 atom stereocenters. The van der Waals surface area contributed by atoms with Gasteiger partial charge in [-0.15, -0.1) is 0 Å². The van der Waals surface area contributed by atoms with Gasteiger partial charge in [-0.2, -0.15) is 0 Å². The minimum atomic E-state index is 0.116. The zero-order valence-electron chi connectivity index (χ0n) is 14.3. The molecule has 5 heteroatoms. The highest BCUT2D eigenvalue weighted by atomic mass is 16.5. The Bertz CT molecular complexity index is 463. The van der Waals surface area contributed by atoms with Gasteiger partial charge in [-0.3, -0.25) is 4.79 Å². The molecule has 5 nitrogen and oxygen atoms in total. The van der Waals surface area contributed by atoms with Crippen LogP contribution in [0.1, 0.15) is 32.3 Å². The largest absolute Gasteiger partial charge is 0.493 e. The second-order valence-electron chi connectivity index (χ2n) is 5.04. The fourth-order valence-corrected chi connectivity index (χ4v) is 2.33. The zero-order chi connectivity index (χ0) is 16.5. The normalized spacial score (nSPS) is 10.2. The van der Waals surface area contributed by atoms with Crippen molar-refractivity contribution < 1.29 is 19.0 Å². The molecule has 0 aliphatic rings. The number of ether oxygens (including phenoxy) is 3. The molecule has 0 aromatic heterocycles. The van der Waals surface area contributed by atoms with Crippen molar-refractivity contribution in [1.29, 1.82) is 0 Å². The lowest BCUT2D eigenvalue weighted by Gasteiger charge is -2.21. The summed E-state index contributed by atoms with van der Waals surface area (Å²) in [6.07, 6.45) is 2.43. The smallest absolute Gasteiger partial charge is 0.226 e. The number of carbonyl (C=O) groups is 1. The van der Waals surface area contributed by atoms with Crippen LogP contribution in [0, 0.1) is 0 Å². The summed E-state index contributed by atoms with van der Waals surface area (Å²) < 4.78 is 15.9. The number of rotatable bonds is 9. The number of amides is 1. The van der Waals surface area contributed by atoms with Crippen LogP contribution >= 0.6 is 0 Å². The van der Waals surface area contributed by atoms with Crippen LogP contribution in [0.15, 0.2) is 12.1 Å². The molecular weight excluding hydrogens is 282 g/mol. The van der Waals surface area contributed by atoms with Crippen molar-refractivity contribution in [1.82, 2.24) is 4.90 Å². The molecule has 1 amide bonds. The predicted molar refractivity (Wildman–Crippen MR) is 87.0 cm³/mol. The van der Waals surface area contributed by atoms with E-state index < -0.39 is 0 Å². The summed E-state index contributed by atoms with van der Waals surface area (Å²) in [6, 6.07) is 3.65. The van der Waals surface area contributed by atoms with Crippen molar-refractivity contribution in [3.05, 3.63) is 17.7 Å². The maximum Gasteiger partial charge on any atom is 0.226 e. The second-order valence-corrected chi connectivity index (χ2v) is 5.04. The number of carbonyl (C=O) groups excluding carboxylic acids is 1. The first kappa shape index (κ1) is 18.1. The Morgan fingerprint density at radius 3 is 2.05 bits per heavy atom. The van der Waals surface area contributed by atoms with E-state index in [9.17, 15) is 4.79 Å².